The first-order chi connectivity index (χ1) is 12.3. The molecule has 7 heteroatoms. The van der Waals surface area contributed by atoms with Gasteiger partial charge in [-0.15, -0.1) is 0 Å². The molecule has 0 radical (unpaired) electrons. The van der Waals surface area contributed by atoms with Crippen LogP contribution < -0.4 is 15.4 Å². The second-order valence-electron chi connectivity index (χ2n) is 6.04. The Morgan fingerprint density at radius 1 is 1.12 bits per heavy atom. The quantitative estimate of drug-likeness (QED) is 0.801. The van der Waals surface area contributed by atoms with Gasteiger partial charge in [0.25, 0.3) is 5.91 Å². The maximum Gasteiger partial charge on any atom is 0.251 e. The molecule has 138 valence electrons. The van der Waals surface area contributed by atoms with Crippen molar-refractivity contribution in [3.05, 3.63) is 58.9 Å². The van der Waals surface area contributed by atoms with Crippen LogP contribution in [0.5, 0.6) is 5.75 Å². The number of rotatable bonds is 6. The molecule has 0 aliphatic heterocycles. The summed E-state index contributed by atoms with van der Waals surface area (Å²) >= 11 is 5.71. The zero-order valence-electron chi connectivity index (χ0n) is 14.7. The third-order valence-electron chi connectivity index (χ3n) is 3.78. The van der Waals surface area contributed by atoms with Gasteiger partial charge in [-0.3, -0.25) is 9.59 Å². The van der Waals surface area contributed by atoms with Gasteiger partial charge in [0.05, 0.1) is 12.8 Å². The van der Waals surface area contributed by atoms with E-state index in [9.17, 15) is 14.0 Å². The van der Waals surface area contributed by atoms with Crippen molar-refractivity contribution < 1.29 is 18.7 Å². The van der Waals surface area contributed by atoms with Crippen LogP contribution in [0.4, 0.5) is 10.1 Å². The molecule has 0 heterocycles. The smallest absolute Gasteiger partial charge is 0.251 e. The Balaban J connectivity index is 2.11. The van der Waals surface area contributed by atoms with Crippen molar-refractivity contribution in [2.75, 3.05) is 12.4 Å². The Kier molecular flexibility index (Phi) is 6.58. The van der Waals surface area contributed by atoms with Crippen molar-refractivity contribution >= 4 is 29.1 Å². The summed E-state index contributed by atoms with van der Waals surface area (Å²) < 4.78 is 18.9. The van der Waals surface area contributed by atoms with Crippen molar-refractivity contribution in [2.45, 2.75) is 19.9 Å². The van der Waals surface area contributed by atoms with E-state index in [1.165, 1.54) is 19.2 Å². The van der Waals surface area contributed by atoms with Crippen LogP contribution in [0.1, 0.15) is 24.2 Å². The molecule has 0 aliphatic rings. The van der Waals surface area contributed by atoms with E-state index in [1.807, 2.05) is 0 Å². The maximum atomic E-state index is 13.9. The van der Waals surface area contributed by atoms with Gasteiger partial charge in [0, 0.05) is 10.6 Å². The molecule has 0 aromatic heterocycles. The van der Waals surface area contributed by atoms with Crippen molar-refractivity contribution in [3.63, 3.8) is 0 Å². The first-order valence-electron chi connectivity index (χ1n) is 8.02. The number of methoxy groups -OCH3 is 1. The molecule has 0 aliphatic carbocycles. The molecule has 0 saturated heterocycles. The van der Waals surface area contributed by atoms with E-state index in [4.69, 9.17) is 16.3 Å². The minimum absolute atomic E-state index is 0.00347. The number of amides is 2. The SMILES string of the molecule is COc1ccc(C(=O)N[C@H](C(=O)Nc2ccc(Cl)cc2F)C(C)C)cc1. The average Bonchev–Trinajstić information content (AvgIpc) is 2.61. The van der Waals surface area contributed by atoms with Crippen LogP contribution in [0, 0.1) is 11.7 Å². The summed E-state index contributed by atoms with van der Waals surface area (Å²) in [6.45, 7) is 3.58. The molecule has 1 atom stereocenters. The number of anilines is 1. The minimum atomic E-state index is -0.834. The highest BCUT2D eigenvalue weighted by atomic mass is 35.5. The van der Waals surface area contributed by atoms with Gasteiger partial charge in [0.15, 0.2) is 0 Å². The van der Waals surface area contributed by atoms with Crippen LogP contribution in [0.3, 0.4) is 0 Å². The first-order valence-corrected chi connectivity index (χ1v) is 8.40. The van der Waals surface area contributed by atoms with E-state index < -0.39 is 23.7 Å². The van der Waals surface area contributed by atoms with Crippen molar-refractivity contribution in [1.82, 2.24) is 5.32 Å². The normalized spacial score (nSPS) is 11.8. The monoisotopic (exact) mass is 378 g/mol. The van der Waals surface area contributed by atoms with Gasteiger partial charge in [0.1, 0.15) is 17.6 Å². The molecule has 0 bridgehead atoms. The van der Waals surface area contributed by atoms with Gasteiger partial charge in [-0.05, 0) is 48.4 Å². The highest BCUT2D eigenvalue weighted by Gasteiger charge is 2.25. The van der Waals surface area contributed by atoms with Crippen molar-refractivity contribution in [2.24, 2.45) is 5.92 Å². The van der Waals surface area contributed by atoms with Crippen molar-refractivity contribution in [3.8, 4) is 5.75 Å². The molecule has 2 aromatic carbocycles. The molecule has 2 N–H and O–H groups in total. The Hall–Kier alpha value is -2.60. The largest absolute Gasteiger partial charge is 0.497 e. The van der Waals surface area contributed by atoms with Crippen LogP contribution in [0.15, 0.2) is 42.5 Å². The van der Waals surface area contributed by atoms with Crippen LogP contribution in [-0.4, -0.2) is 25.0 Å². The fourth-order valence-corrected chi connectivity index (χ4v) is 2.46. The van der Waals surface area contributed by atoms with Crippen LogP contribution >= 0.6 is 11.6 Å². The number of hydrogen-bond acceptors (Lipinski definition) is 3. The van der Waals surface area contributed by atoms with Gasteiger partial charge < -0.3 is 15.4 Å². The zero-order valence-corrected chi connectivity index (χ0v) is 15.4. The number of halogens is 2. The van der Waals surface area contributed by atoms with Crippen LogP contribution in [0.25, 0.3) is 0 Å². The summed E-state index contributed by atoms with van der Waals surface area (Å²) in [6, 6.07) is 9.63. The standard InChI is InChI=1S/C19H20ClFN2O3/c1-11(2)17(19(25)22-16-9-6-13(20)10-15(16)21)23-18(24)12-4-7-14(26-3)8-5-12/h4-11,17H,1-3H3,(H,22,25)(H,23,24)/t17-/m0/s1. The molecule has 26 heavy (non-hydrogen) atoms. The maximum absolute atomic E-state index is 13.9. The van der Waals surface area contributed by atoms with Gasteiger partial charge in [-0.25, -0.2) is 4.39 Å². The van der Waals surface area contributed by atoms with E-state index in [-0.39, 0.29) is 16.6 Å². The average molecular weight is 379 g/mol. The number of carbonyl (C=O) groups is 2. The van der Waals surface area contributed by atoms with Crippen LogP contribution in [0.2, 0.25) is 5.02 Å². The highest BCUT2D eigenvalue weighted by Crippen LogP contribution is 2.20. The predicted octanol–water partition coefficient (Wildman–Crippen LogP) is 3.88. The van der Waals surface area contributed by atoms with E-state index >= 15 is 0 Å². The lowest BCUT2D eigenvalue weighted by atomic mass is 10.0. The molecule has 2 amide bonds. The molecular weight excluding hydrogens is 359 g/mol. The van der Waals surface area contributed by atoms with Crippen LogP contribution in [-0.2, 0) is 4.79 Å². The molecule has 2 rings (SSSR count). The molecule has 0 saturated carbocycles. The summed E-state index contributed by atoms with van der Waals surface area (Å²) in [5, 5.41) is 5.40. The fraction of sp³-hybridized carbons (Fsp3) is 0.263. The van der Waals surface area contributed by atoms with Gasteiger partial charge in [-0.2, -0.15) is 0 Å². The zero-order chi connectivity index (χ0) is 19.3. The summed E-state index contributed by atoms with van der Waals surface area (Å²) in [6.07, 6.45) is 0. The summed E-state index contributed by atoms with van der Waals surface area (Å²) in [5.41, 5.74) is 0.394. The predicted molar refractivity (Wildman–Crippen MR) is 99.1 cm³/mol. The Bertz CT molecular complexity index is 794. The second-order valence-corrected chi connectivity index (χ2v) is 6.47. The van der Waals surface area contributed by atoms with Gasteiger partial charge >= 0.3 is 0 Å². The Morgan fingerprint density at radius 2 is 1.77 bits per heavy atom. The van der Waals surface area contributed by atoms with Gasteiger partial charge in [-0.1, -0.05) is 25.4 Å². The third kappa shape index (κ3) is 4.95. The Labute approximate surface area is 156 Å². The van der Waals surface area contributed by atoms with E-state index in [2.05, 4.69) is 10.6 Å². The molecule has 2 aromatic rings. The van der Waals surface area contributed by atoms with E-state index in [1.54, 1.807) is 38.1 Å². The third-order valence-corrected chi connectivity index (χ3v) is 4.01. The Morgan fingerprint density at radius 3 is 2.31 bits per heavy atom. The lowest BCUT2D eigenvalue weighted by Gasteiger charge is -2.22. The molecule has 0 fully saturated rings. The minimum Gasteiger partial charge on any atom is -0.497 e. The first kappa shape index (κ1) is 19.7. The molecular formula is C19H20ClFN2O3. The van der Waals surface area contributed by atoms with Gasteiger partial charge in [0.2, 0.25) is 5.91 Å². The molecule has 5 nitrogen and oxygen atoms in total. The number of benzene rings is 2. The molecule has 0 unspecified atom stereocenters. The molecule has 0 spiro atoms. The number of hydrogen-bond donors (Lipinski definition) is 2. The fourth-order valence-electron chi connectivity index (χ4n) is 2.30. The van der Waals surface area contributed by atoms with E-state index in [0.29, 0.717) is 11.3 Å². The number of carbonyl (C=O) groups excluding carboxylic acids is 2. The topological polar surface area (TPSA) is 67.4 Å². The summed E-state index contributed by atoms with van der Waals surface area (Å²) in [4.78, 5) is 24.9. The summed E-state index contributed by atoms with van der Waals surface area (Å²) in [7, 11) is 1.53. The van der Waals surface area contributed by atoms with Crippen molar-refractivity contribution in [1.29, 1.82) is 0 Å². The lowest BCUT2D eigenvalue weighted by molar-refractivity contribution is -0.118. The highest BCUT2D eigenvalue weighted by molar-refractivity contribution is 6.30. The number of ether oxygens (including phenoxy) is 1. The summed E-state index contributed by atoms with van der Waals surface area (Å²) in [5.74, 6) is -1.14. The van der Waals surface area contributed by atoms with E-state index in [0.717, 1.165) is 6.07 Å². The second kappa shape index (κ2) is 8.67. The number of nitrogens with one attached hydrogen (secondary N) is 2. The lowest BCUT2D eigenvalue weighted by Crippen LogP contribution is -2.47.